The van der Waals surface area contributed by atoms with Crippen molar-refractivity contribution in [2.45, 2.75) is 12.8 Å². The maximum atomic E-state index is 7.75. The standard InChI is InChI=1S/C20H20N6O/c1-27-13-7-5-12(6-8-13)18-11-26(20(23)24-18)25-17-10-9-14-15(17)3-2-4-16(14)19(21)22/h2-8,11H,9-10H2,1H3,(H3,21,22)(H2,23,24)/b25-17+. The van der Waals surface area contributed by atoms with E-state index in [0.29, 0.717) is 5.95 Å². The van der Waals surface area contributed by atoms with Crippen LogP contribution >= 0.6 is 0 Å². The molecule has 3 aromatic rings. The second-order valence-corrected chi connectivity index (χ2v) is 6.35. The number of nitrogens with two attached hydrogens (primary N) is 2. The predicted octanol–water partition coefficient (Wildman–Crippen LogP) is 2.62. The fraction of sp³-hybridized carbons (Fsp3) is 0.150. The minimum absolute atomic E-state index is 0.0806. The lowest BCUT2D eigenvalue weighted by atomic mass is 10.0. The van der Waals surface area contributed by atoms with Gasteiger partial charge in [0.1, 0.15) is 11.6 Å². The van der Waals surface area contributed by atoms with Gasteiger partial charge in [0.15, 0.2) is 0 Å². The smallest absolute Gasteiger partial charge is 0.221 e. The van der Waals surface area contributed by atoms with Gasteiger partial charge in [0.2, 0.25) is 5.95 Å². The third kappa shape index (κ3) is 3.03. The van der Waals surface area contributed by atoms with Crippen molar-refractivity contribution in [2.75, 3.05) is 12.8 Å². The van der Waals surface area contributed by atoms with Gasteiger partial charge in [-0.25, -0.2) is 9.66 Å². The molecule has 0 radical (unpaired) electrons. The number of hydrogen-bond acceptors (Lipinski definition) is 5. The lowest BCUT2D eigenvalue weighted by Crippen LogP contribution is -2.13. The van der Waals surface area contributed by atoms with Crippen LogP contribution in [0.25, 0.3) is 11.3 Å². The van der Waals surface area contributed by atoms with Crippen LogP contribution in [0.1, 0.15) is 23.1 Å². The van der Waals surface area contributed by atoms with E-state index in [9.17, 15) is 0 Å². The van der Waals surface area contributed by atoms with E-state index in [0.717, 1.165) is 52.3 Å². The average Bonchev–Trinajstić information content (AvgIpc) is 3.26. The van der Waals surface area contributed by atoms with E-state index in [1.54, 1.807) is 11.8 Å². The Balaban J connectivity index is 1.69. The number of amidine groups is 1. The fourth-order valence-electron chi connectivity index (χ4n) is 3.36. The van der Waals surface area contributed by atoms with E-state index in [1.165, 1.54) is 0 Å². The number of ether oxygens (including phenoxy) is 1. The molecule has 0 aliphatic heterocycles. The monoisotopic (exact) mass is 360 g/mol. The average molecular weight is 360 g/mol. The third-order valence-electron chi connectivity index (χ3n) is 4.72. The van der Waals surface area contributed by atoms with Crippen molar-refractivity contribution in [3.05, 3.63) is 65.4 Å². The highest BCUT2D eigenvalue weighted by Crippen LogP contribution is 2.27. The maximum absolute atomic E-state index is 7.75. The van der Waals surface area contributed by atoms with Crippen molar-refractivity contribution < 1.29 is 4.74 Å². The zero-order valence-electron chi connectivity index (χ0n) is 14.9. The summed E-state index contributed by atoms with van der Waals surface area (Å²) in [6.07, 6.45) is 3.40. The lowest BCUT2D eigenvalue weighted by molar-refractivity contribution is 0.415. The van der Waals surface area contributed by atoms with E-state index in [4.69, 9.17) is 21.6 Å². The van der Waals surface area contributed by atoms with Gasteiger partial charge >= 0.3 is 0 Å². The van der Waals surface area contributed by atoms with Gasteiger partial charge in [-0.1, -0.05) is 18.2 Å². The summed E-state index contributed by atoms with van der Waals surface area (Å²) in [7, 11) is 1.63. The Morgan fingerprint density at radius 1 is 1.19 bits per heavy atom. The molecule has 0 fully saturated rings. The molecule has 0 saturated heterocycles. The van der Waals surface area contributed by atoms with Gasteiger partial charge in [-0.15, -0.1) is 0 Å². The van der Waals surface area contributed by atoms with Crippen molar-refractivity contribution >= 4 is 17.5 Å². The molecule has 2 aromatic carbocycles. The topological polar surface area (TPSA) is 115 Å². The van der Waals surface area contributed by atoms with Crippen LogP contribution in [-0.2, 0) is 6.42 Å². The fourth-order valence-corrected chi connectivity index (χ4v) is 3.36. The van der Waals surface area contributed by atoms with E-state index in [-0.39, 0.29) is 5.84 Å². The summed E-state index contributed by atoms with van der Waals surface area (Å²) >= 11 is 0. The second kappa shape index (κ2) is 6.60. The molecule has 4 rings (SSSR count). The second-order valence-electron chi connectivity index (χ2n) is 6.35. The lowest BCUT2D eigenvalue weighted by Gasteiger charge is -2.06. The molecule has 0 saturated carbocycles. The van der Waals surface area contributed by atoms with Crippen LogP contribution in [0, 0.1) is 5.41 Å². The molecule has 7 nitrogen and oxygen atoms in total. The van der Waals surface area contributed by atoms with Crippen LogP contribution in [0.15, 0.2) is 53.8 Å². The number of rotatable bonds is 4. The molecule has 1 aliphatic rings. The maximum Gasteiger partial charge on any atom is 0.221 e. The molecule has 27 heavy (non-hydrogen) atoms. The number of hydrogen-bond donors (Lipinski definition) is 3. The van der Waals surface area contributed by atoms with Crippen molar-refractivity contribution in [3.63, 3.8) is 0 Å². The summed E-state index contributed by atoms with van der Waals surface area (Å²) in [5.74, 6) is 1.19. The molecular formula is C20H20N6O. The molecule has 5 N–H and O–H groups in total. The molecule has 0 atom stereocenters. The number of aromatic nitrogens is 2. The molecule has 1 heterocycles. The largest absolute Gasteiger partial charge is 0.497 e. The first kappa shape index (κ1) is 16.8. The number of nitrogens with zero attached hydrogens (tertiary/aromatic N) is 3. The Bertz CT molecular complexity index is 1050. The molecular weight excluding hydrogens is 340 g/mol. The Kier molecular flexibility index (Phi) is 4.12. The van der Waals surface area contributed by atoms with Crippen LogP contribution in [-0.4, -0.2) is 28.3 Å². The van der Waals surface area contributed by atoms with Crippen LogP contribution in [0.5, 0.6) is 5.75 Å². The summed E-state index contributed by atoms with van der Waals surface area (Å²) < 4.78 is 6.79. The van der Waals surface area contributed by atoms with Gasteiger partial charge in [-0.05, 0) is 42.7 Å². The molecule has 1 aliphatic carbocycles. The molecule has 0 spiro atoms. The molecule has 1 aromatic heterocycles. The predicted molar refractivity (Wildman–Crippen MR) is 106 cm³/mol. The summed E-state index contributed by atoms with van der Waals surface area (Å²) in [6.45, 7) is 0. The number of benzene rings is 2. The van der Waals surface area contributed by atoms with E-state index >= 15 is 0 Å². The number of imidazole rings is 1. The Labute approximate surface area is 156 Å². The summed E-state index contributed by atoms with van der Waals surface area (Å²) in [4.78, 5) is 4.42. The van der Waals surface area contributed by atoms with Gasteiger partial charge in [0.05, 0.1) is 24.7 Å². The summed E-state index contributed by atoms with van der Waals surface area (Å²) in [6, 6.07) is 13.4. The van der Waals surface area contributed by atoms with Gasteiger partial charge < -0.3 is 16.2 Å². The number of fused-ring (bicyclic) bond motifs is 1. The minimum atomic E-state index is 0.0806. The van der Waals surface area contributed by atoms with Gasteiger partial charge in [0, 0.05) is 16.7 Å². The molecule has 7 heteroatoms. The minimum Gasteiger partial charge on any atom is -0.497 e. The SMILES string of the molecule is COc1ccc(-c2cn(/N=C3\CCc4c(C(=N)N)cccc43)c(N)n2)cc1. The molecule has 0 amide bonds. The van der Waals surface area contributed by atoms with Crippen molar-refractivity contribution in [3.8, 4) is 17.0 Å². The zero-order valence-corrected chi connectivity index (χ0v) is 14.9. The van der Waals surface area contributed by atoms with Crippen LogP contribution in [0.2, 0.25) is 0 Å². The molecule has 0 unspecified atom stereocenters. The van der Waals surface area contributed by atoms with Crippen LogP contribution < -0.4 is 16.2 Å². The van der Waals surface area contributed by atoms with E-state index in [2.05, 4.69) is 10.1 Å². The first-order chi connectivity index (χ1) is 13.1. The Morgan fingerprint density at radius 3 is 2.67 bits per heavy atom. The quantitative estimate of drug-likeness (QED) is 0.490. The van der Waals surface area contributed by atoms with Gasteiger partial charge in [0.25, 0.3) is 0 Å². The number of methoxy groups -OCH3 is 1. The molecule has 136 valence electrons. The number of nitrogens with one attached hydrogen (secondary N) is 1. The van der Waals surface area contributed by atoms with Crippen molar-refractivity contribution in [1.82, 2.24) is 9.66 Å². The molecule has 0 bridgehead atoms. The van der Waals surface area contributed by atoms with E-state index in [1.807, 2.05) is 48.7 Å². The van der Waals surface area contributed by atoms with Crippen molar-refractivity contribution in [1.29, 1.82) is 5.41 Å². The van der Waals surface area contributed by atoms with E-state index < -0.39 is 0 Å². The number of anilines is 1. The van der Waals surface area contributed by atoms with Gasteiger partial charge in [-0.2, -0.15) is 5.10 Å². The highest BCUT2D eigenvalue weighted by molar-refractivity contribution is 6.08. The van der Waals surface area contributed by atoms with Crippen molar-refractivity contribution in [2.24, 2.45) is 10.8 Å². The van der Waals surface area contributed by atoms with Gasteiger partial charge in [-0.3, -0.25) is 5.41 Å². The first-order valence-corrected chi connectivity index (χ1v) is 8.60. The summed E-state index contributed by atoms with van der Waals surface area (Å²) in [5.41, 5.74) is 17.2. The van der Waals surface area contributed by atoms with Crippen LogP contribution in [0.3, 0.4) is 0 Å². The highest BCUT2D eigenvalue weighted by atomic mass is 16.5. The number of nitrogen functional groups attached to an aromatic ring is 2. The first-order valence-electron chi connectivity index (χ1n) is 8.60. The Hall–Kier alpha value is -3.61. The normalized spacial score (nSPS) is 14.3. The Morgan fingerprint density at radius 2 is 1.96 bits per heavy atom. The van der Waals surface area contributed by atoms with Crippen LogP contribution in [0.4, 0.5) is 5.95 Å². The third-order valence-corrected chi connectivity index (χ3v) is 4.72. The highest BCUT2D eigenvalue weighted by Gasteiger charge is 2.22. The zero-order chi connectivity index (χ0) is 19.0. The summed E-state index contributed by atoms with van der Waals surface area (Å²) in [5, 5.41) is 12.4.